The molecule has 0 aromatic heterocycles. The van der Waals surface area contributed by atoms with Crippen LogP contribution in [0, 0.1) is 17.8 Å². The lowest BCUT2D eigenvalue weighted by molar-refractivity contribution is -0.254. The summed E-state index contributed by atoms with van der Waals surface area (Å²) in [5, 5.41) is 0.518. The van der Waals surface area contributed by atoms with E-state index in [1.807, 2.05) is 30.3 Å². The van der Waals surface area contributed by atoms with Gasteiger partial charge in [-0.05, 0) is 71.9 Å². The molecule has 0 spiro atoms. The van der Waals surface area contributed by atoms with Gasteiger partial charge in [0.25, 0.3) is 0 Å². The van der Waals surface area contributed by atoms with Gasteiger partial charge < -0.3 is 28.4 Å². The number of carbonyl (C=O) groups excluding carboxylic acids is 4. The van der Waals surface area contributed by atoms with E-state index in [1.165, 1.54) is 27.7 Å². The maximum absolute atomic E-state index is 12.2. The zero-order chi connectivity index (χ0) is 32.4. The highest BCUT2D eigenvalue weighted by Crippen LogP contribution is 2.57. The van der Waals surface area contributed by atoms with Crippen LogP contribution in [0.1, 0.15) is 70.3 Å². The molecule has 0 radical (unpaired) electrons. The zero-order valence-electron chi connectivity index (χ0n) is 26.0. The average molecular weight is 643 g/mol. The first kappa shape index (κ1) is 32.8. The number of fused-ring (bicyclic) bond motifs is 1. The molecule has 11 heteroatoms. The van der Waals surface area contributed by atoms with E-state index in [1.54, 1.807) is 12.1 Å². The second-order valence-corrected chi connectivity index (χ2v) is 12.6. The summed E-state index contributed by atoms with van der Waals surface area (Å²) in [6, 6.07) is 13.2. The molecule has 2 saturated carbocycles. The van der Waals surface area contributed by atoms with Crippen LogP contribution < -0.4 is 4.74 Å². The lowest BCUT2D eigenvalue weighted by Crippen LogP contribution is -2.59. The molecule has 0 amide bonds. The van der Waals surface area contributed by atoms with Crippen molar-refractivity contribution in [2.75, 3.05) is 6.61 Å². The number of carbonyl (C=O) groups is 4. The Labute approximate surface area is 267 Å². The normalized spacial score (nSPS) is 30.0. The van der Waals surface area contributed by atoms with Crippen LogP contribution in [0.2, 0.25) is 5.02 Å². The maximum atomic E-state index is 12.2. The molecule has 9 atom stereocenters. The molecular weight excluding hydrogens is 604 g/mol. The van der Waals surface area contributed by atoms with Crippen molar-refractivity contribution in [1.82, 2.24) is 0 Å². The van der Waals surface area contributed by atoms with Crippen molar-refractivity contribution in [1.29, 1.82) is 0 Å². The Bertz CT molecular complexity index is 1410. The van der Waals surface area contributed by atoms with Gasteiger partial charge >= 0.3 is 23.9 Å². The molecule has 0 bridgehead atoms. The van der Waals surface area contributed by atoms with Crippen molar-refractivity contribution in [2.24, 2.45) is 17.8 Å². The van der Waals surface area contributed by atoms with Gasteiger partial charge in [-0.25, -0.2) is 0 Å². The third-order valence-electron chi connectivity index (χ3n) is 8.84. The quantitative estimate of drug-likeness (QED) is 0.254. The number of hydrogen-bond acceptors (Lipinski definition) is 10. The van der Waals surface area contributed by atoms with E-state index >= 15 is 0 Å². The third kappa shape index (κ3) is 7.97. The van der Waals surface area contributed by atoms with E-state index in [4.69, 9.17) is 40.0 Å². The molecule has 2 aliphatic carbocycles. The van der Waals surface area contributed by atoms with E-state index in [0.29, 0.717) is 17.0 Å². The van der Waals surface area contributed by atoms with Gasteiger partial charge in [-0.2, -0.15) is 0 Å². The minimum atomic E-state index is -1.25. The van der Waals surface area contributed by atoms with E-state index in [-0.39, 0.29) is 12.7 Å². The summed E-state index contributed by atoms with van der Waals surface area (Å²) in [6.45, 7) is 6.83. The summed E-state index contributed by atoms with van der Waals surface area (Å²) in [7, 11) is 0. The SMILES string of the molecule is CC(=O)OC[C@H]1O[C@@H](c2ccc(Cl)c(Cc3ccc(OC4C[C@@H]5C(C)[C@@H]5C4)cc3)c2)[C@H](OC(C)=O)[C@@H](OC(C)=O)[C@@H]1OC(C)=O. The van der Waals surface area contributed by atoms with E-state index < -0.39 is 54.4 Å². The second-order valence-electron chi connectivity index (χ2n) is 12.2. The molecular formula is C34H39ClO10. The summed E-state index contributed by atoms with van der Waals surface area (Å²) in [4.78, 5) is 48.1. The van der Waals surface area contributed by atoms with Crippen LogP contribution in [-0.2, 0) is 49.3 Å². The number of rotatable bonds is 10. The summed E-state index contributed by atoms with van der Waals surface area (Å²) in [5.41, 5.74) is 2.35. The molecule has 2 unspecified atom stereocenters. The van der Waals surface area contributed by atoms with Crippen molar-refractivity contribution in [3.05, 3.63) is 64.2 Å². The van der Waals surface area contributed by atoms with Gasteiger partial charge in [-0.1, -0.05) is 42.8 Å². The van der Waals surface area contributed by atoms with Gasteiger partial charge in [-0.15, -0.1) is 0 Å². The van der Waals surface area contributed by atoms with Crippen LogP contribution in [0.25, 0.3) is 0 Å². The summed E-state index contributed by atoms with van der Waals surface area (Å²) >= 11 is 6.64. The number of hydrogen-bond donors (Lipinski definition) is 0. The molecule has 10 nitrogen and oxygen atoms in total. The van der Waals surface area contributed by atoms with E-state index in [0.717, 1.165) is 47.5 Å². The van der Waals surface area contributed by atoms with E-state index in [2.05, 4.69) is 6.92 Å². The molecule has 242 valence electrons. The molecule has 0 N–H and O–H groups in total. The largest absolute Gasteiger partial charge is 0.490 e. The van der Waals surface area contributed by atoms with Crippen molar-refractivity contribution < 1.29 is 47.6 Å². The predicted molar refractivity (Wildman–Crippen MR) is 161 cm³/mol. The molecule has 3 fully saturated rings. The lowest BCUT2D eigenvalue weighted by Gasteiger charge is -2.44. The van der Waals surface area contributed by atoms with Crippen LogP contribution in [0.15, 0.2) is 42.5 Å². The summed E-state index contributed by atoms with van der Waals surface area (Å²) in [6.07, 6.45) is -2.70. The molecule has 1 heterocycles. The predicted octanol–water partition coefficient (Wildman–Crippen LogP) is 5.15. The first-order chi connectivity index (χ1) is 21.4. The van der Waals surface area contributed by atoms with Crippen LogP contribution in [0.4, 0.5) is 0 Å². The highest BCUT2D eigenvalue weighted by atomic mass is 35.5. The maximum Gasteiger partial charge on any atom is 0.303 e. The van der Waals surface area contributed by atoms with Gasteiger partial charge in [0.1, 0.15) is 24.6 Å². The van der Waals surface area contributed by atoms with Gasteiger partial charge in [0.05, 0.1) is 6.10 Å². The number of halogens is 1. The monoisotopic (exact) mass is 642 g/mol. The van der Waals surface area contributed by atoms with E-state index in [9.17, 15) is 19.2 Å². The molecule has 1 aliphatic heterocycles. The zero-order valence-corrected chi connectivity index (χ0v) is 26.8. The Morgan fingerprint density at radius 2 is 1.40 bits per heavy atom. The van der Waals surface area contributed by atoms with Crippen LogP contribution in [0.5, 0.6) is 5.75 Å². The van der Waals surface area contributed by atoms with Crippen molar-refractivity contribution >= 4 is 35.5 Å². The highest BCUT2D eigenvalue weighted by Gasteiger charge is 2.54. The Kier molecular flexibility index (Phi) is 10.0. The Hall–Kier alpha value is -3.63. The van der Waals surface area contributed by atoms with Crippen molar-refractivity contribution in [2.45, 2.75) is 90.5 Å². The highest BCUT2D eigenvalue weighted by molar-refractivity contribution is 6.31. The minimum Gasteiger partial charge on any atom is -0.490 e. The number of esters is 4. The molecule has 1 saturated heterocycles. The number of ether oxygens (including phenoxy) is 6. The standard InChI is InChI=1S/C34H39ClO10/c1-17-27-14-26(15-28(17)27)44-25-9-6-22(7-10-25)12-24-13-23(8-11-29(24)35)31-33(42-20(4)38)34(43-21(5)39)32(41-19(3)37)30(45-31)16-40-18(2)36/h6-11,13,17,26-28,30-34H,12,14-16H2,1-5H3/t17?,26?,27-,28+,30-,31+,32-,33+,34+/m1/s1. The molecule has 2 aromatic carbocycles. The van der Waals surface area contributed by atoms with Crippen molar-refractivity contribution in [3.8, 4) is 5.75 Å². The number of benzene rings is 2. The summed E-state index contributed by atoms with van der Waals surface area (Å²) in [5.74, 6) is 0.678. The topological polar surface area (TPSA) is 124 Å². The minimum absolute atomic E-state index is 0.273. The lowest BCUT2D eigenvalue weighted by atomic mass is 9.89. The molecule has 5 rings (SSSR count). The van der Waals surface area contributed by atoms with Crippen LogP contribution in [-0.4, -0.2) is 61.0 Å². The van der Waals surface area contributed by atoms with Gasteiger partial charge in [0.2, 0.25) is 0 Å². The van der Waals surface area contributed by atoms with Gasteiger partial charge in [-0.3, -0.25) is 19.2 Å². The fourth-order valence-electron chi connectivity index (χ4n) is 6.72. The van der Waals surface area contributed by atoms with Gasteiger partial charge in [0, 0.05) is 32.7 Å². The third-order valence-corrected chi connectivity index (χ3v) is 9.21. The van der Waals surface area contributed by atoms with Crippen LogP contribution >= 0.6 is 11.6 Å². The fourth-order valence-corrected chi connectivity index (χ4v) is 6.90. The molecule has 45 heavy (non-hydrogen) atoms. The second kappa shape index (κ2) is 13.8. The Morgan fingerprint density at radius 3 is 2.00 bits per heavy atom. The molecule has 2 aromatic rings. The average Bonchev–Trinajstić information content (AvgIpc) is 3.34. The Morgan fingerprint density at radius 1 is 0.800 bits per heavy atom. The smallest absolute Gasteiger partial charge is 0.303 e. The van der Waals surface area contributed by atoms with Crippen molar-refractivity contribution in [3.63, 3.8) is 0 Å². The first-order valence-electron chi connectivity index (χ1n) is 15.2. The molecule has 3 aliphatic rings. The Balaban J connectivity index is 1.39. The summed E-state index contributed by atoms with van der Waals surface area (Å²) < 4.78 is 34.4. The van der Waals surface area contributed by atoms with Gasteiger partial charge in [0.15, 0.2) is 18.3 Å². The fraction of sp³-hybridized carbons (Fsp3) is 0.529. The first-order valence-corrected chi connectivity index (χ1v) is 15.6. The van der Waals surface area contributed by atoms with Crippen LogP contribution in [0.3, 0.4) is 0 Å².